The Morgan fingerprint density at radius 1 is 0.973 bits per heavy atom. The van der Waals surface area contributed by atoms with Crippen LogP contribution in [0.4, 0.5) is 14.6 Å². The second-order valence-electron chi connectivity index (χ2n) is 12.1. The molecule has 0 unspecified atom stereocenters. The maximum atomic E-state index is 15.0. The van der Waals surface area contributed by atoms with Crippen molar-refractivity contribution in [3.63, 3.8) is 0 Å². The smallest absolute Gasteiger partial charge is 0.201 e. The molecule has 3 aromatic rings. The van der Waals surface area contributed by atoms with Crippen LogP contribution in [-0.2, 0) is 0 Å². The number of nitrogens with zero attached hydrogens (tertiary/aromatic N) is 3. The van der Waals surface area contributed by atoms with Crippen LogP contribution in [0, 0.1) is 34.8 Å². The predicted molar refractivity (Wildman–Crippen MR) is 138 cm³/mol. The number of Topliss-reactive ketones (excluding diaryl/α,β-unsaturated/α-hetero) is 1. The van der Waals surface area contributed by atoms with E-state index < -0.39 is 11.6 Å². The van der Waals surface area contributed by atoms with Crippen molar-refractivity contribution in [1.29, 1.82) is 0 Å². The molecule has 1 aromatic carbocycles. The first kappa shape index (κ1) is 23.1. The van der Waals surface area contributed by atoms with E-state index in [9.17, 15) is 14.0 Å². The zero-order valence-corrected chi connectivity index (χ0v) is 20.9. The molecule has 4 aliphatic carbocycles. The van der Waals surface area contributed by atoms with E-state index >= 15 is 4.39 Å². The molecule has 5 nitrogen and oxygen atoms in total. The van der Waals surface area contributed by atoms with Gasteiger partial charge in [-0.2, -0.15) is 0 Å². The van der Waals surface area contributed by atoms with Crippen LogP contribution < -0.4 is 10.3 Å². The van der Waals surface area contributed by atoms with Gasteiger partial charge in [-0.15, -0.1) is 0 Å². The lowest BCUT2D eigenvalue weighted by Gasteiger charge is -2.56. The number of hydrogen-bond acceptors (Lipinski definition) is 4. The van der Waals surface area contributed by atoms with Crippen LogP contribution in [0.15, 0.2) is 41.3 Å². The summed E-state index contributed by atoms with van der Waals surface area (Å²) in [4.78, 5) is 34.4. The predicted octanol–water partition coefficient (Wildman–Crippen LogP) is 6.05. The maximum absolute atomic E-state index is 15.0. The summed E-state index contributed by atoms with van der Waals surface area (Å²) in [6.45, 7) is 1.74. The quantitative estimate of drug-likeness (QED) is 0.398. The van der Waals surface area contributed by atoms with Gasteiger partial charge in [-0.1, -0.05) is 0 Å². The highest BCUT2D eigenvalue weighted by molar-refractivity contribution is 5.99. The molecule has 5 fully saturated rings. The first-order chi connectivity index (χ1) is 17.9. The average Bonchev–Trinajstić information content (AvgIpc) is 3.38. The SMILES string of the molecule is O=C(CC12CC3CC(CC(C3)C1)C2)c1cn(-c2ccc(F)cc2F)c2nc(N3CCCC3)ccc2c1=O. The lowest BCUT2D eigenvalue weighted by molar-refractivity contribution is -0.0524. The van der Waals surface area contributed by atoms with E-state index in [1.54, 1.807) is 6.07 Å². The van der Waals surface area contributed by atoms with Crippen molar-refractivity contribution in [3.8, 4) is 5.69 Å². The molecule has 37 heavy (non-hydrogen) atoms. The van der Waals surface area contributed by atoms with E-state index in [2.05, 4.69) is 4.90 Å². The number of halogens is 2. The minimum absolute atomic E-state index is 0.0168. The van der Waals surface area contributed by atoms with Gasteiger partial charge in [0, 0.05) is 31.8 Å². The lowest BCUT2D eigenvalue weighted by atomic mass is 9.48. The molecule has 7 heteroatoms. The Labute approximate surface area is 214 Å². The molecular weight excluding hydrogens is 472 g/mol. The number of benzene rings is 1. The van der Waals surface area contributed by atoms with Gasteiger partial charge >= 0.3 is 0 Å². The molecule has 0 amide bonds. The highest BCUT2D eigenvalue weighted by Gasteiger charge is 2.51. The minimum Gasteiger partial charge on any atom is -0.357 e. The Kier molecular flexibility index (Phi) is 5.28. The molecule has 3 heterocycles. The van der Waals surface area contributed by atoms with Gasteiger partial charge in [-0.25, -0.2) is 13.8 Å². The van der Waals surface area contributed by atoms with E-state index in [-0.39, 0.29) is 38.9 Å². The molecule has 8 rings (SSSR count). The van der Waals surface area contributed by atoms with Crippen molar-refractivity contribution in [2.24, 2.45) is 23.2 Å². The van der Waals surface area contributed by atoms with Crippen LogP contribution in [0.25, 0.3) is 16.7 Å². The summed E-state index contributed by atoms with van der Waals surface area (Å²) in [5.74, 6) is 1.20. The number of carbonyl (C=O) groups is 1. The van der Waals surface area contributed by atoms with Crippen molar-refractivity contribution < 1.29 is 13.6 Å². The van der Waals surface area contributed by atoms with Crippen LogP contribution in [-0.4, -0.2) is 28.4 Å². The topological polar surface area (TPSA) is 55.2 Å². The second kappa shape index (κ2) is 8.47. The van der Waals surface area contributed by atoms with Crippen molar-refractivity contribution in [1.82, 2.24) is 9.55 Å². The number of ketones is 1. The first-order valence-corrected chi connectivity index (χ1v) is 13.7. The molecule has 192 valence electrons. The van der Waals surface area contributed by atoms with Crippen molar-refractivity contribution in [3.05, 3.63) is 63.9 Å². The van der Waals surface area contributed by atoms with E-state index in [4.69, 9.17) is 4.98 Å². The number of carbonyl (C=O) groups excluding carboxylic acids is 1. The fraction of sp³-hybridized carbons (Fsp3) is 0.500. The molecule has 5 aliphatic rings. The lowest BCUT2D eigenvalue weighted by Crippen LogP contribution is -2.47. The molecule has 4 saturated carbocycles. The Morgan fingerprint density at radius 2 is 1.65 bits per heavy atom. The molecule has 0 radical (unpaired) electrons. The maximum Gasteiger partial charge on any atom is 0.201 e. The van der Waals surface area contributed by atoms with Crippen LogP contribution >= 0.6 is 0 Å². The van der Waals surface area contributed by atoms with Crippen LogP contribution in [0.3, 0.4) is 0 Å². The number of anilines is 1. The molecule has 1 saturated heterocycles. The highest BCUT2D eigenvalue weighted by Crippen LogP contribution is 2.61. The minimum atomic E-state index is -0.766. The van der Waals surface area contributed by atoms with Gasteiger partial charge in [0.2, 0.25) is 5.43 Å². The summed E-state index contributed by atoms with van der Waals surface area (Å²) in [6, 6.07) is 6.86. The van der Waals surface area contributed by atoms with Crippen LogP contribution in [0.5, 0.6) is 0 Å². The second-order valence-corrected chi connectivity index (χ2v) is 12.1. The van der Waals surface area contributed by atoms with Crippen LogP contribution in [0.2, 0.25) is 0 Å². The van der Waals surface area contributed by atoms with Gasteiger partial charge in [-0.3, -0.25) is 14.2 Å². The molecule has 2 aromatic heterocycles. The monoisotopic (exact) mass is 503 g/mol. The van der Waals surface area contributed by atoms with Gasteiger partial charge < -0.3 is 4.90 Å². The van der Waals surface area contributed by atoms with Gasteiger partial charge in [0.25, 0.3) is 0 Å². The molecular formula is C30H31F2N3O2. The zero-order valence-electron chi connectivity index (χ0n) is 20.9. The molecule has 0 spiro atoms. The average molecular weight is 504 g/mol. The first-order valence-electron chi connectivity index (χ1n) is 13.7. The Hall–Kier alpha value is -3.09. The summed E-state index contributed by atoms with van der Waals surface area (Å²) in [5, 5.41) is 0.281. The number of rotatable bonds is 5. The van der Waals surface area contributed by atoms with E-state index in [0.29, 0.717) is 30.0 Å². The zero-order chi connectivity index (χ0) is 25.3. The number of aromatic nitrogens is 2. The van der Waals surface area contributed by atoms with Gasteiger partial charge in [-0.05, 0) is 98.8 Å². The summed E-state index contributed by atoms with van der Waals surface area (Å²) in [5.41, 5.74) is 0.0519. The summed E-state index contributed by atoms with van der Waals surface area (Å²) >= 11 is 0. The largest absolute Gasteiger partial charge is 0.357 e. The van der Waals surface area contributed by atoms with Gasteiger partial charge in [0.05, 0.1) is 16.6 Å². The van der Waals surface area contributed by atoms with Gasteiger partial charge in [0.1, 0.15) is 17.5 Å². The molecule has 1 aliphatic heterocycles. The third-order valence-electron chi connectivity index (χ3n) is 9.44. The molecule has 0 atom stereocenters. The standard InChI is InChI=1S/C30H31F2N3O2/c31-21-3-5-25(24(32)12-21)35-17-23(26(36)16-30-13-18-9-19(14-30)11-20(10-18)15-30)28(37)22-4-6-27(33-29(22)35)34-7-1-2-8-34/h3-6,12,17-20H,1-2,7-11,13-16H2. The fourth-order valence-electron chi connectivity index (χ4n) is 8.32. The number of pyridine rings is 2. The van der Waals surface area contributed by atoms with E-state index in [0.717, 1.165) is 51.3 Å². The van der Waals surface area contributed by atoms with E-state index in [1.165, 1.54) is 42.2 Å². The number of fused-ring (bicyclic) bond motifs is 1. The molecule has 0 N–H and O–H groups in total. The Morgan fingerprint density at radius 3 is 2.30 bits per heavy atom. The third-order valence-corrected chi connectivity index (χ3v) is 9.44. The Bertz CT molecular complexity index is 1440. The Balaban J connectivity index is 1.34. The van der Waals surface area contributed by atoms with Crippen molar-refractivity contribution in [2.75, 3.05) is 18.0 Å². The fourth-order valence-corrected chi connectivity index (χ4v) is 8.32. The summed E-state index contributed by atoms with van der Waals surface area (Å²) < 4.78 is 30.2. The third kappa shape index (κ3) is 3.89. The number of hydrogen-bond donors (Lipinski definition) is 0. The van der Waals surface area contributed by atoms with Crippen molar-refractivity contribution in [2.45, 2.75) is 57.8 Å². The van der Waals surface area contributed by atoms with Crippen molar-refractivity contribution >= 4 is 22.6 Å². The van der Waals surface area contributed by atoms with Gasteiger partial charge in [0.15, 0.2) is 11.4 Å². The summed E-state index contributed by atoms with van der Waals surface area (Å²) in [6.07, 6.45) is 11.0. The summed E-state index contributed by atoms with van der Waals surface area (Å²) in [7, 11) is 0. The normalized spacial score (nSPS) is 28.4. The van der Waals surface area contributed by atoms with E-state index in [1.807, 2.05) is 6.07 Å². The molecule has 4 bridgehead atoms. The van der Waals surface area contributed by atoms with Crippen LogP contribution in [0.1, 0.15) is 68.1 Å². The highest BCUT2D eigenvalue weighted by atomic mass is 19.1.